The Morgan fingerprint density at radius 1 is 1.19 bits per heavy atom. The molecule has 134 valence electrons. The number of carbonyl (C=O) groups excluding carboxylic acids is 1. The van der Waals surface area contributed by atoms with Crippen LogP contribution in [0.1, 0.15) is 11.1 Å². The highest BCUT2D eigenvalue weighted by Crippen LogP contribution is 2.11. The lowest BCUT2D eigenvalue weighted by Crippen LogP contribution is -2.33. The van der Waals surface area contributed by atoms with Gasteiger partial charge in [-0.3, -0.25) is 14.2 Å². The third-order valence-electron chi connectivity index (χ3n) is 4.19. The first-order valence-electron chi connectivity index (χ1n) is 8.42. The van der Waals surface area contributed by atoms with Crippen molar-refractivity contribution in [3.8, 4) is 5.75 Å². The largest absolute Gasteiger partial charge is 0.497 e. The molecular weight excluding hydrogens is 330 g/mol. The van der Waals surface area contributed by atoms with Crippen molar-refractivity contribution < 1.29 is 9.53 Å². The number of aromatic nitrogens is 2. The van der Waals surface area contributed by atoms with Gasteiger partial charge >= 0.3 is 0 Å². The van der Waals surface area contributed by atoms with Crippen LogP contribution in [0.4, 0.5) is 0 Å². The third-order valence-corrected chi connectivity index (χ3v) is 4.19. The Morgan fingerprint density at radius 2 is 1.96 bits per heavy atom. The molecule has 6 nitrogen and oxygen atoms in total. The molecule has 1 heterocycles. The lowest BCUT2D eigenvalue weighted by Gasteiger charge is -2.09. The maximum absolute atomic E-state index is 12.5. The highest BCUT2D eigenvalue weighted by molar-refractivity contribution is 5.79. The Hall–Kier alpha value is -3.15. The number of hydrogen-bond acceptors (Lipinski definition) is 4. The van der Waals surface area contributed by atoms with Crippen molar-refractivity contribution in [1.82, 2.24) is 14.9 Å². The fraction of sp³-hybridized carbons (Fsp3) is 0.250. The summed E-state index contributed by atoms with van der Waals surface area (Å²) in [6.45, 7) is 2.38. The standard InChI is InChI=1S/C20H21N3O3/c1-14-3-8-18-17(11-14)20(25)23(13-22-18)12-19(24)21-10-9-15-4-6-16(26-2)7-5-15/h3-8,11,13H,9-10,12H2,1-2H3,(H,21,24). The van der Waals surface area contributed by atoms with Crippen LogP contribution < -0.4 is 15.6 Å². The van der Waals surface area contributed by atoms with Crippen molar-refractivity contribution in [2.24, 2.45) is 0 Å². The minimum Gasteiger partial charge on any atom is -0.497 e. The molecule has 0 unspecified atom stereocenters. The molecule has 0 aliphatic carbocycles. The van der Waals surface area contributed by atoms with Crippen LogP contribution in [0.25, 0.3) is 10.9 Å². The monoisotopic (exact) mass is 351 g/mol. The van der Waals surface area contributed by atoms with E-state index in [0.29, 0.717) is 23.9 Å². The Balaban J connectivity index is 1.60. The lowest BCUT2D eigenvalue weighted by atomic mass is 10.1. The van der Waals surface area contributed by atoms with Crippen LogP contribution in [0.2, 0.25) is 0 Å². The van der Waals surface area contributed by atoms with Gasteiger partial charge in [0, 0.05) is 6.54 Å². The van der Waals surface area contributed by atoms with E-state index in [1.165, 1.54) is 10.9 Å². The molecule has 1 amide bonds. The zero-order valence-corrected chi connectivity index (χ0v) is 14.9. The maximum atomic E-state index is 12.5. The quantitative estimate of drug-likeness (QED) is 0.738. The van der Waals surface area contributed by atoms with Gasteiger partial charge in [-0.15, -0.1) is 0 Å². The average Bonchev–Trinajstić information content (AvgIpc) is 2.65. The van der Waals surface area contributed by atoms with Gasteiger partial charge in [0.25, 0.3) is 5.56 Å². The van der Waals surface area contributed by atoms with E-state index in [4.69, 9.17) is 4.74 Å². The summed E-state index contributed by atoms with van der Waals surface area (Å²) in [5.41, 5.74) is 2.52. The molecule has 1 N–H and O–H groups in total. The second-order valence-corrected chi connectivity index (χ2v) is 6.15. The first kappa shape index (κ1) is 17.7. The smallest absolute Gasteiger partial charge is 0.261 e. The minimum atomic E-state index is -0.214. The molecule has 3 aromatic rings. The molecule has 0 saturated heterocycles. The molecule has 26 heavy (non-hydrogen) atoms. The summed E-state index contributed by atoms with van der Waals surface area (Å²) >= 11 is 0. The number of carbonyl (C=O) groups is 1. The summed E-state index contributed by atoms with van der Waals surface area (Å²) in [7, 11) is 1.63. The lowest BCUT2D eigenvalue weighted by molar-refractivity contribution is -0.121. The molecule has 0 saturated carbocycles. The van der Waals surface area contributed by atoms with Gasteiger partial charge in [-0.05, 0) is 43.2 Å². The molecule has 0 spiro atoms. The number of nitrogens with zero attached hydrogens (tertiary/aromatic N) is 2. The summed E-state index contributed by atoms with van der Waals surface area (Å²) < 4.78 is 6.46. The fourth-order valence-electron chi connectivity index (χ4n) is 2.73. The fourth-order valence-corrected chi connectivity index (χ4v) is 2.73. The van der Waals surface area contributed by atoms with Gasteiger partial charge in [0.15, 0.2) is 0 Å². The van der Waals surface area contributed by atoms with Gasteiger partial charge in [0.05, 0.1) is 24.3 Å². The summed E-state index contributed by atoms with van der Waals surface area (Å²) in [6, 6.07) is 13.2. The third kappa shape index (κ3) is 4.08. The molecule has 0 bridgehead atoms. The van der Waals surface area contributed by atoms with E-state index in [2.05, 4.69) is 10.3 Å². The number of ether oxygens (including phenoxy) is 1. The average molecular weight is 351 g/mol. The molecule has 0 radical (unpaired) electrons. The summed E-state index contributed by atoms with van der Waals surface area (Å²) in [6.07, 6.45) is 2.13. The highest BCUT2D eigenvalue weighted by Gasteiger charge is 2.08. The van der Waals surface area contributed by atoms with Crippen LogP contribution in [0.3, 0.4) is 0 Å². The number of amides is 1. The van der Waals surface area contributed by atoms with Crippen LogP contribution in [0.5, 0.6) is 5.75 Å². The number of benzene rings is 2. The van der Waals surface area contributed by atoms with Crippen molar-refractivity contribution >= 4 is 16.8 Å². The number of nitrogens with one attached hydrogen (secondary N) is 1. The number of fused-ring (bicyclic) bond motifs is 1. The Kier molecular flexibility index (Phi) is 5.31. The molecule has 0 aliphatic rings. The number of aryl methyl sites for hydroxylation is 1. The van der Waals surface area contributed by atoms with E-state index in [1.807, 2.05) is 43.3 Å². The van der Waals surface area contributed by atoms with E-state index in [1.54, 1.807) is 13.2 Å². The Morgan fingerprint density at radius 3 is 2.69 bits per heavy atom. The topological polar surface area (TPSA) is 73.2 Å². The molecule has 0 atom stereocenters. The molecule has 1 aromatic heterocycles. The number of rotatable bonds is 6. The molecule has 3 rings (SSSR count). The van der Waals surface area contributed by atoms with E-state index in [-0.39, 0.29) is 18.0 Å². The van der Waals surface area contributed by atoms with Crippen molar-refractivity contribution in [3.63, 3.8) is 0 Å². The van der Waals surface area contributed by atoms with E-state index < -0.39 is 0 Å². The van der Waals surface area contributed by atoms with Crippen LogP contribution in [-0.2, 0) is 17.8 Å². The first-order chi connectivity index (χ1) is 12.6. The van der Waals surface area contributed by atoms with Crippen LogP contribution in [0.15, 0.2) is 53.6 Å². The highest BCUT2D eigenvalue weighted by atomic mass is 16.5. The Bertz CT molecular complexity index is 978. The molecule has 0 fully saturated rings. The second-order valence-electron chi connectivity index (χ2n) is 6.15. The Labute approximate surface area is 151 Å². The number of methoxy groups -OCH3 is 1. The SMILES string of the molecule is COc1ccc(CCNC(=O)Cn2cnc3ccc(C)cc3c2=O)cc1. The first-order valence-corrected chi connectivity index (χ1v) is 8.42. The van der Waals surface area contributed by atoms with E-state index in [9.17, 15) is 9.59 Å². The van der Waals surface area contributed by atoms with E-state index >= 15 is 0 Å². The van der Waals surface area contributed by atoms with Gasteiger partial charge in [0.1, 0.15) is 12.3 Å². The number of hydrogen-bond donors (Lipinski definition) is 1. The van der Waals surface area contributed by atoms with Crippen LogP contribution in [0, 0.1) is 6.92 Å². The second kappa shape index (κ2) is 7.82. The van der Waals surface area contributed by atoms with Crippen molar-refractivity contribution in [2.75, 3.05) is 13.7 Å². The summed E-state index contributed by atoms with van der Waals surface area (Å²) in [5.74, 6) is 0.589. The van der Waals surface area contributed by atoms with Gasteiger partial charge < -0.3 is 10.1 Å². The predicted octanol–water partition coefficient (Wildman–Crippen LogP) is 2.07. The van der Waals surface area contributed by atoms with Gasteiger partial charge in [-0.2, -0.15) is 0 Å². The van der Waals surface area contributed by atoms with Gasteiger partial charge in [-0.25, -0.2) is 4.98 Å². The van der Waals surface area contributed by atoms with Crippen LogP contribution in [-0.4, -0.2) is 29.1 Å². The summed E-state index contributed by atoms with van der Waals surface area (Å²) in [4.78, 5) is 28.9. The maximum Gasteiger partial charge on any atom is 0.261 e. The molecule has 0 aliphatic heterocycles. The predicted molar refractivity (Wildman–Crippen MR) is 100 cm³/mol. The van der Waals surface area contributed by atoms with Crippen LogP contribution >= 0.6 is 0 Å². The molecule has 2 aromatic carbocycles. The van der Waals surface area contributed by atoms with Crippen molar-refractivity contribution in [2.45, 2.75) is 19.9 Å². The molecule has 6 heteroatoms. The van der Waals surface area contributed by atoms with Crippen molar-refractivity contribution in [3.05, 3.63) is 70.3 Å². The summed E-state index contributed by atoms with van der Waals surface area (Å²) in [5, 5.41) is 3.36. The molecular formula is C20H21N3O3. The van der Waals surface area contributed by atoms with E-state index in [0.717, 1.165) is 16.9 Å². The zero-order valence-electron chi connectivity index (χ0n) is 14.9. The van der Waals surface area contributed by atoms with Crippen molar-refractivity contribution in [1.29, 1.82) is 0 Å². The van der Waals surface area contributed by atoms with Gasteiger partial charge in [-0.1, -0.05) is 23.8 Å². The van der Waals surface area contributed by atoms with Gasteiger partial charge in [0.2, 0.25) is 5.91 Å². The normalized spacial score (nSPS) is 10.7. The minimum absolute atomic E-state index is 0.0433. The zero-order chi connectivity index (χ0) is 18.5.